The van der Waals surface area contributed by atoms with E-state index in [9.17, 15) is 9.90 Å². The van der Waals surface area contributed by atoms with Crippen molar-refractivity contribution in [3.63, 3.8) is 0 Å². The number of benzene rings is 1. The number of ether oxygens (including phenoxy) is 1. The lowest BCUT2D eigenvalue weighted by atomic mass is 9.93. The lowest BCUT2D eigenvalue weighted by Crippen LogP contribution is -2.24. The Morgan fingerprint density at radius 1 is 1.40 bits per heavy atom. The van der Waals surface area contributed by atoms with Crippen LogP contribution in [0.25, 0.3) is 0 Å². The lowest BCUT2D eigenvalue weighted by Gasteiger charge is -2.21. The molecule has 1 aromatic rings. The molecule has 0 fully saturated rings. The molecule has 3 heteroatoms. The molecule has 0 saturated heterocycles. The van der Waals surface area contributed by atoms with Crippen molar-refractivity contribution >= 4 is 6.29 Å². The standard InChI is InChI=1S/C12H16O3/c1-8-5-6-10(12(3,14)7-13)11(15-4)9(8)2/h5-7,14H,1-4H3. The van der Waals surface area contributed by atoms with Crippen LogP contribution in [0.5, 0.6) is 5.75 Å². The number of hydrogen-bond acceptors (Lipinski definition) is 3. The average Bonchev–Trinajstić information content (AvgIpc) is 2.21. The van der Waals surface area contributed by atoms with Crippen molar-refractivity contribution in [1.29, 1.82) is 0 Å². The highest BCUT2D eigenvalue weighted by molar-refractivity contribution is 5.68. The van der Waals surface area contributed by atoms with E-state index in [1.54, 1.807) is 6.07 Å². The third-order valence-corrected chi connectivity index (χ3v) is 2.66. The predicted molar refractivity (Wildman–Crippen MR) is 58.1 cm³/mol. The normalized spacial score (nSPS) is 14.5. The SMILES string of the molecule is COc1c(C(C)(O)C=O)ccc(C)c1C. The largest absolute Gasteiger partial charge is 0.496 e. The van der Waals surface area contributed by atoms with E-state index in [0.717, 1.165) is 11.1 Å². The van der Waals surface area contributed by atoms with Gasteiger partial charge in [0.05, 0.1) is 7.11 Å². The van der Waals surface area contributed by atoms with Crippen LogP contribution in [-0.2, 0) is 10.4 Å². The van der Waals surface area contributed by atoms with Crippen LogP contribution in [0, 0.1) is 13.8 Å². The van der Waals surface area contributed by atoms with Gasteiger partial charge in [0.2, 0.25) is 0 Å². The second-order valence-corrected chi connectivity index (χ2v) is 3.85. The van der Waals surface area contributed by atoms with Crippen LogP contribution in [0.2, 0.25) is 0 Å². The van der Waals surface area contributed by atoms with Gasteiger partial charge in [-0.15, -0.1) is 0 Å². The van der Waals surface area contributed by atoms with E-state index in [-0.39, 0.29) is 0 Å². The minimum absolute atomic E-state index is 0.503. The molecule has 1 aromatic carbocycles. The van der Waals surface area contributed by atoms with Crippen molar-refractivity contribution in [2.24, 2.45) is 0 Å². The Bertz CT molecular complexity index is 381. The van der Waals surface area contributed by atoms with Gasteiger partial charge >= 0.3 is 0 Å². The quantitative estimate of drug-likeness (QED) is 0.769. The van der Waals surface area contributed by atoms with Crippen LogP contribution < -0.4 is 4.74 Å². The first-order valence-corrected chi connectivity index (χ1v) is 4.77. The number of aldehydes is 1. The third kappa shape index (κ3) is 2.02. The first kappa shape index (κ1) is 11.7. The van der Waals surface area contributed by atoms with Crippen molar-refractivity contribution in [3.8, 4) is 5.75 Å². The molecule has 0 aliphatic rings. The lowest BCUT2D eigenvalue weighted by molar-refractivity contribution is -0.123. The van der Waals surface area contributed by atoms with E-state index < -0.39 is 5.60 Å². The van der Waals surface area contributed by atoms with Gasteiger partial charge in [-0.1, -0.05) is 12.1 Å². The predicted octanol–water partition coefficient (Wildman–Crippen LogP) is 1.72. The molecule has 1 atom stereocenters. The van der Waals surface area contributed by atoms with Gasteiger partial charge in [0.25, 0.3) is 0 Å². The van der Waals surface area contributed by atoms with Crippen molar-refractivity contribution in [3.05, 3.63) is 28.8 Å². The highest BCUT2D eigenvalue weighted by atomic mass is 16.5. The van der Waals surface area contributed by atoms with Gasteiger partial charge in [-0.3, -0.25) is 4.79 Å². The number of methoxy groups -OCH3 is 1. The van der Waals surface area contributed by atoms with Gasteiger partial charge in [-0.25, -0.2) is 0 Å². The summed E-state index contributed by atoms with van der Waals surface area (Å²) in [5, 5.41) is 9.87. The Morgan fingerprint density at radius 2 is 2.00 bits per heavy atom. The maximum Gasteiger partial charge on any atom is 0.155 e. The summed E-state index contributed by atoms with van der Waals surface area (Å²) in [5.41, 5.74) is 1.02. The van der Waals surface area contributed by atoms with E-state index in [1.165, 1.54) is 14.0 Å². The fraction of sp³-hybridized carbons (Fsp3) is 0.417. The summed E-state index contributed by atoms with van der Waals surface area (Å²) in [4.78, 5) is 10.8. The molecular formula is C12H16O3. The topological polar surface area (TPSA) is 46.5 Å². The second-order valence-electron chi connectivity index (χ2n) is 3.85. The van der Waals surface area contributed by atoms with Crippen LogP contribution in [0.4, 0.5) is 0 Å². The number of aryl methyl sites for hydroxylation is 1. The summed E-state index contributed by atoms with van der Waals surface area (Å²) < 4.78 is 5.23. The molecule has 1 unspecified atom stereocenters. The van der Waals surface area contributed by atoms with Gasteiger partial charge in [0.1, 0.15) is 11.4 Å². The van der Waals surface area contributed by atoms with E-state index in [1.807, 2.05) is 19.9 Å². The monoisotopic (exact) mass is 208 g/mol. The molecule has 0 radical (unpaired) electrons. The van der Waals surface area contributed by atoms with Crippen LogP contribution in [0.3, 0.4) is 0 Å². The Kier molecular flexibility index (Phi) is 3.15. The van der Waals surface area contributed by atoms with E-state index in [0.29, 0.717) is 17.6 Å². The minimum atomic E-state index is -1.50. The van der Waals surface area contributed by atoms with E-state index in [2.05, 4.69) is 0 Å². The summed E-state index contributed by atoms with van der Waals surface area (Å²) >= 11 is 0. The van der Waals surface area contributed by atoms with Crippen molar-refractivity contribution < 1.29 is 14.6 Å². The highest BCUT2D eigenvalue weighted by Crippen LogP contribution is 2.32. The van der Waals surface area contributed by atoms with E-state index in [4.69, 9.17) is 4.74 Å². The molecular weight excluding hydrogens is 192 g/mol. The van der Waals surface area contributed by atoms with E-state index >= 15 is 0 Å². The van der Waals surface area contributed by atoms with Crippen LogP contribution in [0.1, 0.15) is 23.6 Å². The molecule has 3 nitrogen and oxygen atoms in total. The summed E-state index contributed by atoms with van der Waals surface area (Å²) in [6, 6.07) is 3.58. The summed E-state index contributed by atoms with van der Waals surface area (Å²) in [7, 11) is 1.53. The zero-order chi connectivity index (χ0) is 11.6. The zero-order valence-electron chi connectivity index (χ0n) is 9.50. The highest BCUT2D eigenvalue weighted by Gasteiger charge is 2.27. The van der Waals surface area contributed by atoms with Gasteiger partial charge in [0.15, 0.2) is 6.29 Å². The van der Waals surface area contributed by atoms with Gasteiger partial charge < -0.3 is 9.84 Å². The Balaban J connectivity index is 3.43. The Labute approximate surface area is 89.7 Å². The minimum Gasteiger partial charge on any atom is -0.496 e. The summed E-state index contributed by atoms with van der Waals surface area (Å²) in [6.07, 6.45) is 0.514. The van der Waals surface area contributed by atoms with Crippen molar-refractivity contribution in [2.75, 3.05) is 7.11 Å². The number of aliphatic hydroxyl groups is 1. The maximum absolute atomic E-state index is 10.8. The van der Waals surface area contributed by atoms with Crippen molar-refractivity contribution in [2.45, 2.75) is 26.4 Å². The first-order chi connectivity index (χ1) is 6.94. The van der Waals surface area contributed by atoms with Crippen LogP contribution >= 0.6 is 0 Å². The van der Waals surface area contributed by atoms with Crippen molar-refractivity contribution in [1.82, 2.24) is 0 Å². The summed E-state index contributed by atoms with van der Waals surface area (Å²) in [5.74, 6) is 0.576. The molecule has 0 spiro atoms. The molecule has 15 heavy (non-hydrogen) atoms. The molecule has 1 rings (SSSR count). The zero-order valence-corrected chi connectivity index (χ0v) is 9.50. The average molecular weight is 208 g/mol. The van der Waals surface area contributed by atoms with Gasteiger partial charge in [-0.2, -0.15) is 0 Å². The molecule has 0 bridgehead atoms. The molecule has 0 heterocycles. The third-order valence-electron chi connectivity index (χ3n) is 2.66. The molecule has 0 aliphatic carbocycles. The van der Waals surface area contributed by atoms with Gasteiger partial charge in [-0.05, 0) is 31.9 Å². The fourth-order valence-corrected chi connectivity index (χ4v) is 1.52. The smallest absolute Gasteiger partial charge is 0.155 e. The fourth-order valence-electron chi connectivity index (χ4n) is 1.52. The summed E-state index contributed by atoms with van der Waals surface area (Å²) in [6.45, 7) is 5.31. The maximum atomic E-state index is 10.8. The molecule has 0 amide bonds. The number of rotatable bonds is 3. The number of carbonyl (C=O) groups is 1. The Morgan fingerprint density at radius 3 is 2.47 bits per heavy atom. The van der Waals surface area contributed by atoms with Crippen LogP contribution in [-0.4, -0.2) is 18.5 Å². The number of carbonyl (C=O) groups excluding carboxylic acids is 1. The molecule has 0 aliphatic heterocycles. The molecule has 82 valence electrons. The van der Waals surface area contributed by atoms with Gasteiger partial charge in [0, 0.05) is 5.56 Å². The molecule has 0 aromatic heterocycles. The molecule has 1 N–H and O–H groups in total. The molecule has 0 saturated carbocycles. The first-order valence-electron chi connectivity index (χ1n) is 4.77. The number of hydrogen-bond donors (Lipinski definition) is 1. The Hall–Kier alpha value is -1.35. The second kappa shape index (κ2) is 4.03. The van der Waals surface area contributed by atoms with Crippen LogP contribution in [0.15, 0.2) is 12.1 Å².